The van der Waals surface area contributed by atoms with Gasteiger partial charge in [0.1, 0.15) is 5.03 Å². The van der Waals surface area contributed by atoms with Gasteiger partial charge in [-0.05, 0) is 36.4 Å². The zero-order chi connectivity index (χ0) is 23.1. The molecule has 0 aliphatic heterocycles. The van der Waals surface area contributed by atoms with E-state index in [1.54, 1.807) is 30.5 Å². The molecule has 0 fully saturated rings. The lowest BCUT2D eigenvalue weighted by Crippen LogP contribution is -2.41. The summed E-state index contributed by atoms with van der Waals surface area (Å²) in [6.45, 7) is 2.13. The monoisotopic (exact) mass is 472 g/mol. The van der Waals surface area contributed by atoms with Crippen LogP contribution in [-0.2, 0) is 10.0 Å². The number of nitrogens with zero attached hydrogens (tertiary/aromatic N) is 2. The summed E-state index contributed by atoms with van der Waals surface area (Å²) in [7, 11) is -0.191. The predicted octanol–water partition coefficient (Wildman–Crippen LogP) is 4.21. The normalized spacial score (nSPS) is 11.5. The van der Waals surface area contributed by atoms with Gasteiger partial charge in [-0.1, -0.05) is 44.0 Å². The van der Waals surface area contributed by atoms with Crippen molar-refractivity contribution in [2.45, 2.75) is 36.1 Å². The Kier molecular flexibility index (Phi) is 8.11. The van der Waals surface area contributed by atoms with Crippen LogP contribution in [0.5, 0.6) is 0 Å². The number of fused-ring (bicyclic) bond motifs is 1. The minimum atomic E-state index is -4.00. The summed E-state index contributed by atoms with van der Waals surface area (Å²) < 4.78 is 26.1. The van der Waals surface area contributed by atoms with Crippen molar-refractivity contribution >= 4 is 44.2 Å². The Bertz CT molecular complexity index is 1200. The fourth-order valence-corrected chi connectivity index (χ4v) is 5.38. The molecule has 0 saturated carbocycles. The number of pyridine rings is 1. The number of anilines is 1. The molecule has 0 radical (unpaired) electrons. The Hall–Kier alpha value is -2.62. The van der Waals surface area contributed by atoms with E-state index >= 15 is 0 Å². The molecule has 0 atom stereocenters. The number of hydrazine groups is 1. The zero-order valence-corrected chi connectivity index (χ0v) is 20.1. The average Bonchev–Trinajstić information content (AvgIpc) is 2.79. The number of rotatable bonds is 10. The maximum Gasteiger partial charge on any atom is 0.268 e. The van der Waals surface area contributed by atoms with E-state index in [0.29, 0.717) is 16.0 Å². The molecule has 0 aliphatic carbocycles. The predicted molar refractivity (Wildman–Crippen MR) is 131 cm³/mol. The summed E-state index contributed by atoms with van der Waals surface area (Å²) in [5.41, 5.74) is 3.58. The molecule has 3 rings (SSSR count). The molecule has 2 aromatic carbocycles. The van der Waals surface area contributed by atoms with Crippen molar-refractivity contribution in [3.63, 3.8) is 0 Å². The van der Waals surface area contributed by atoms with Crippen LogP contribution in [0.3, 0.4) is 0 Å². The first kappa shape index (κ1) is 24.0. The molecule has 9 heteroatoms. The molecule has 3 aromatic rings. The van der Waals surface area contributed by atoms with Gasteiger partial charge in [0.15, 0.2) is 0 Å². The largest absolute Gasteiger partial charge is 0.377 e. The molecule has 2 N–H and O–H groups in total. The number of benzene rings is 2. The lowest BCUT2D eigenvalue weighted by Gasteiger charge is -2.17. The van der Waals surface area contributed by atoms with E-state index in [1.807, 2.05) is 37.2 Å². The third kappa shape index (κ3) is 5.59. The van der Waals surface area contributed by atoms with Crippen molar-refractivity contribution in [1.29, 1.82) is 0 Å². The van der Waals surface area contributed by atoms with Crippen LogP contribution >= 0.6 is 11.8 Å². The number of aromatic nitrogens is 1. The second-order valence-electron chi connectivity index (χ2n) is 7.49. The molecule has 0 bridgehead atoms. The van der Waals surface area contributed by atoms with Gasteiger partial charge in [-0.15, -0.1) is 16.6 Å². The number of amides is 1. The van der Waals surface area contributed by atoms with Gasteiger partial charge in [0.25, 0.3) is 15.9 Å². The van der Waals surface area contributed by atoms with Gasteiger partial charge in [-0.2, -0.15) is 0 Å². The lowest BCUT2D eigenvalue weighted by atomic mass is 10.1. The smallest absolute Gasteiger partial charge is 0.268 e. The first-order valence-electron chi connectivity index (χ1n) is 10.4. The van der Waals surface area contributed by atoms with E-state index in [1.165, 1.54) is 17.8 Å². The van der Waals surface area contributed by atoms with Crippen LogP contribution in [0.2, 0.25) is 0 Å². The molecular formula is C23H28N4O3S2. The number of hydrogen-bond donors (Lipinski definition) is 2. The highest BCUT2D eigenvalue weighted by molar-refractivity contribution is 7.99. The minimum absolute atomic E-state index is 0.0966. The molecule has 170 valence electrons. The first-order valence-corrected chi connectivity index (χ1v) is 12.9. The van der Waals surface area contributed by atoms with E-state index in [0.717, 1.165) is 36.1 Å². The number of unbranched alkanes of at least 4 members (excludes halogenated alkanes) is 2. The number of hydrogen-bond acceptors (Lipinski definition) is 6. The van der Waals surface area contributed by atoms with Crippen molar-refractivity contribution in [2.75, 3.05) is 24.7 Å². The standard InChI is InChI=1S/C23H28N4O3S2/c1-4-5-6-16-31-23-19(12-9-15-24-23)22(28)25-26-32(29,30)21-14-8-10-17-18(21)11-7-13-20(17)27(2)3/h7-15,26H,4-6,16H2,1-3H3,(H,25,28). The molecular weight excluding hydrogens is 444 g/mol. The van der Waals surface area contributed by atoms with Gasteiger partial charge in [0.2, 0.25) is 0 Å². The highest BCUT2D eigenvalue weighted by Crippen LogP contribution is 2.30. The van der Waals surface area contributed by atoms with Crippen LogP contribution in [0.25, 0.3) is 10.8 Å². The van der Waals surface area contributed by atoms with Crippen molar-refractivity contribution in [3.8, 4) is 0 Å². The average molecular weight is 473 g/mol. The molecule has 0 spiro atoms. The molecule has 32 heavy (non-hydrogen) atoms. The Morgan fingerprint density at radius 1 is 1.03 bits per heavy atom. The summed E-state index contributed by atoms with van der Waals surface area (Å²) in [5, 5.41) is 1.97. The lowest BCUT2D eigenvalue weighted by molar-refractivity contribution is 0.0941. The summed E-state index contributed by atoms with van der Waals surface area (Å²) in [6, 6.07) is 13.9. The quantitative estimate of drug-likeness (QED) is 0.261. The summed E-state index contributed by atoms with van der Waals surface area (Å²) in [6.07, 6.45) is 4.88. The van der Waals surface area contributed by atoms with Crippen molar-refractivity contribution in [3.05, 3.63) is 60.3 Å². The molecule has 7 nitrogen and oxygen atoms in total. The number of carbonyl (C=O) groups is 1. The molecule has 0 aliphatic rings. The highest BCUT2D eigenvalue weighted by atomic mass is 32.2. The van der Waals surface area contributed by atoms with E-state index in [9.17, 15) is 13.2 Å². The van der Waals surface area contributed by atoms with E-state index < -0.39 is 15.9 Å². The molecule has 1 heterocycles. The number of thioether (sulfide) groups is 1. The summed E-state index contributed by atoms with van der Waals surface area (Å²) in [5.74, 6) is 0.301. The van der Waals surface area contributed by atoms with E-state index in [4.69, 9.17) is 0 Å². The van der Waals surface area contributed by atoms with Crippen LogP contribution in [0.4, 0.5) is 5.69 Å². The third-order valence-electron chi connectivity index (χ3n) is 4.93. The summed E-state index contributed by atoms with van der Waals surface area (Å²) >= 11 is 1.50. The molecule has 0 unspecified atom stereocenters. The molecule has 1 aromatic heterocycles. The molecule has 1 amide bonds. The van der Waals surface area contributed by atoms with Gasteiger partial charge in [-0.3, -0.25) is 10.2 Å². The van der Waals surface area contributed by atoms with Crippen LogP contribution in [-0.4, -0.2) is 39.2 Å². The minimum Gasteiger partial charge on any atom is -0.377 e. The second-order valence-corrected chi connectivity index (χ2v) is 10.2. The Morgan fingerprint density at radius 3 is 2.53 bits per heavy atom. The number of carbonyl (C=O) groups excluding carboxylic acids is 1. The SMILES string of the molecule is CCCCCSc1ncccc1C(=O)NNS(=O)(=O)c1cccc2c(N(C)C)cccc12. The Balaban J connectivity index is 1.79. The summed E-state index contributed by atoms with van der Waals surface area (Å²) in [4.78, 5) is 21.3. The fraction of sp³-hybridized carbons (Fsp3) is 0.304. The topological polar surface area (TPSA) is 91.4 Å². The van der Waals surface area contributed by atoms with Crippen LogP contribution in [0.15, 0.2) is 64.6 Å². The highest BCUT2D eigenvalue weighted by Gasteiger charge is 2.21. The molecule has 0 saturated heterocycles. The van der Waals surface area contributed by atoms with Crippen LogP contribution < -0.4 is 15.2 Å². The van der Waals surface area contributed by atoms with Crippen LogP contribution in [0, 0.1) is 0 Å². The maximum atomic E-state index is 13.0. The van der Waals surface area contributed by atoms with E-state index in [2.05, 4.69) is 22.2 Å². The van der Waals surface area contributed by atoms with Crippen LogP contribution in [0.1, 0.15) is 36.5 Å². The van der Waals surface area contributed by atoms with Gasteiger partial charge < -0.3 is 4.90 Å². The number of sulfonamides is 1. The van der Waals surface area contributed by atoms with Gasteiger partial charge >= 0.3 is 0 Å². The second kappa shape index (κ2) is 10.8. The maximum absolute atomic E-state index is 13.0. The van der Waals surface area contributed by atoms with Gasteiger partial charge in [-0.25, -0.2) is 13.4 Å². The van der Waals surface area contributed by atoms with Crippen molar-refractivity contribution in [1.82, 2.24) is 15.2 Å². The van der Waals surface area contributed by atoms with Crippen molar-refractivity contribution < 1.29 is 13.2 Å². The van der Waals surface area contributed by atoms with E-state index in [-0.39, 0.29) is 4.90 Å². The first-order chi connectivity index (χ1) is 15.3. The third-order valence-corrected chi connectivity index (χ3v) is 7.33. The Morgan fingerprint density at radius 2 is 1.78 bits per heavy atom. The van der Waals surface area contributed by atoms with Gasteiger partial charge in [0.05, 0.1) is 10.5 Å². The zero-order valence-electron chi connectivity index (χ0n) is 18.5. The fourth-order valence-electron chi connectivity index (χ4n) is 3.32. The van der Waals surface area contributed by atoms with Gasteiger partial charge in [0, 0.05) is 36.8 Å². The Labute approximate surface area is 193 Å². The van der Waals surface area contributed by atoms with Crippen molar-refractivity contribution in [2.24, 2.45) is 0 Å². The number of nitrogens with one attached hydrogen (secondary N) is 2.